The van der Waals surface area contributed by atoms with Crippen LogP contribution in [0.2, 0.25) is 0 Å². The molecule has 2 aliphatic rings. The Morgan fingerprint density at radius 3 is 2.08 bits per heavy atom. The molecule has 0 atom stereocenters. The van der Waals surface area contributed by atoms with Crippen molar-refractivity contribution in [3.8, 4) is 11.3 Å². The lowest BCUT2D eigenvalue weighted by molar-refractivity contribution is -0.143. The van der Waals surface area contributed by atoms with Crippen molar-refractivity contribution in [3.63, 3.8) is 0 Å². The summed E-state index contributed by atoms with van der Waals surface area (Å²) in [4.78, 5) is 29.5. The molecule has 7 nitrogen and oxygen atoms in total. The highest BCUT2D eigenvalue weighted by Crippen LogP contribution is 2.39. The third-order valence-corrected chi connectivity index (χ3v) is 7.77. The molecule has 0 aliphatic carbocycles. The van der Waals surface area contributed by atoms with Crippen LogP contribution < -0.4 is 0 Å². The molecule has 2 aliphatic heterocycles. The van der Waals surface area contributed by atoms with Crippen LogP contribution in [0.4, 0.5) is 26.3 Å². The average Bonchev–Trinajstić information content (AvgIpc) is 3.45. The Kier molecular flexibility index (Phi) is 8.97. The Morgan fingerprint density at radius 2 is 1.52 bits per heavy atom. The molecule has 1 aromatic carbocycles. The van der Waals surface area contributed by atoms with Gasteiger partial charge in [0.1, 0.15) is 15.8 Å². The Labute approximate surface area is 234 Å². The molecule has 0 bridgehead atoms. The maximum Gasteiger partial charge on any atom is 0.416 e. The molecule has 216 valence electrons. The number of rotatable bonds is 8. The highest BCUT2D eigenvalue weighted by atomic mass is 32.2. The lowest BCUT2D eigenvalue weighted by atomic mass is 10.0. The number of halogens is 6. The Balaban J connectivity index is 1.41. The van der Waals surface area contributed by atoms with Gasteiger partial charge in [0.25, 0.3) is 5.91 Å². The molecule has 1 N–H and O–H groups in total. The van der Waals surface area contributed by atoms with Crippen molar-refractivity contribution in [2.75, 3.05) is 45.8 Å². The van der Waals surface area contributed by atoms with Crippen LogP contribution in [0.3, 0.4) is 0 Å². The largest absolute Gasteiger partial charge is 0.481 e. The van der Waals surface area contributed by atoms with Gasteiger partial charge >= 0.3 is 18.3 Å². The van der Waals surface area contributed by atoms with E-state index in [4.69, 9.17) is 21.7 Å². The standard InChI is InChI=1S/C25H23F6N3O4S2/c26-24(27,28)16-11-15(12-17(13-16)25(29,30)31)19-2-1-18(38-19)14-20-22(37)34(23(39)40-20)10-9-33-7-5-32(6-8-33)4-3-21(35)36/h1-2,11-14H,3-10H2,(H,35,36)/b20-14-. The quantitative estimate of drug-likeness (QED) is 0.247. The fourth-order valence-electron chi connectivity index (χ4n) is 4.24. The number of aliphatic carboxylic acids is 1. The summed E-state index contributed by atoms with van der Waals surface area (Å²) in [5.41, 5.74) is -3.33. The molecule has 1 aromatic heterocycles. The van der Waals surface area contributed by atoms with E-state index in [2.05, 4.69) is 9.80 Å². The Morgan fingerprint density at radius 1 is 0.950 bits per heavy atom. The van der Waals surface area contributed by atoms with Crippen molar-refractivity contribution >= 4 is 46.3 Å². The van der Waals surface area contributed by atoms with Gasteiger partial charge in [-0.2, -0.15) is 26.3 Å². The van der Waals surface area contributed by atoms with Crippen molar-refractivity contribution in [3.05, 3.63) is 52.1 Å². The summed E-state index contributed by atoms with van der Waals surface area (Å²) in [5, 5.41) is 8.82. The number of amides is 1. The number of carbonyl (C=O) groups excluding carboxylic acids is 1. The topological polar surface area (TPSA) is 77.2 Å². The van der Waals surface area contributed by atoms with Crippen LogP contribution in [-0.4, -0.2) is 81.8 Å². The van der Waals surface area contributed by atoms with Crippen LogP contribution in [0.15, 0.2) is 39.7 Å². The summed E-state index contributed by atoms with van der Waals surface area (Å²) in [5.74, 6) is -1.38. The minimum absolute atomic E-state index is 0.0397. The van der Waals surface area contributed by atoms with Crippen molar-refractivity contribution in [1.82, 2.24) is 14.7 Å². The van der Waals surface area contributed by atoms with Gasteiger partial charge in [0.05, 0.1) is 22.5 Å². The number of carbonyl (C=O) groups is 2. The maximum atomic E-state index is 13.2. The van der Waals surface area contributed by atoms with Gasteiger partial charge in [-0.25, -0.2) is 0 Å². The molecular weight excluding hydrogens is 584 g/mol. The molecule has 0 radical (unpaired) electrons. The van der Waals surface area contributed by atoms with E-state index < -0.39 is 35.0 Å². The highest BCUT2D eigenvalue weighted by molar-refractivity contribution is 8.26. The first-order valence-corrected chi connectivity index (χ1v) is 13.2. The van der Waals surface area contributed by atoms with E-state index >= 15 is 0 Å². The molecule has 2 aromatic rings. The number of furan rings is 1. The minimum atomic E-state index is -4.99. The molecule has 4 rings (SSSR count). The zero-order chi connectivity index (χ0) is 29.2. The van der Waals surface area contributed by atoms with Crippen LogP contribution in [-0.2, 0) is 21.9 Å². The van der Waals surface area contributed by atoms with Gasteiger partial charge < -0.3 is 14.4 Å². The summed E-state index contributed by atoms with van der Waals surface area (Å²) < 4.78 is 85.1. The van der Waals surface area contributed by atoms with Crippen LogP contribution >= 0.6 is 24.0 Å². The van der Waals surface area contributed by atoms with Crippen molar-refractivity contribution in [2.45, 2.75) is 18.8 Å². The third-order valence-electron chi connectivity index (χ3n) is 6.39. The Hall–Kier alpha value is -2.88. The Bertz CT molecular complexity index is 1280. The van der Waals surface area contributed by atoms with Crippen LogP contribution in [0.5, 0.6) is 0 Å². The first-order valence-electron chi connectivity index (χ1n) is 12.0. The van der Waals surface area contributed by atoms with E-state index in [1.807, 2.05) is 0 Å². The van der Waals surface area contributed by atoms with Crippen molar-refractivity contribution in [1.29, 1.82) is 0 Å². The number of thiocarbonyl (C=S) groups is 1. The number of hydrogen-bond donors (Lipinski definition) is 1. The van der Waals surface area contributed by atoms with Gasteiger partial charge in [0.2, 0.25) is 0 Å². The summed E-state index contributed by atoms with van der Waals surface area (Å²) in [6.45, 7) is 4.20. The minimum Gasteiger partial charge on any atom is -0.481 e. The average molecular weight is 608 g/mol. The summed E-state index contributed by atoms with van der Waals surface area (Å²) in [6, 6.07) is 3.77. The zero-order valence-corrected chi connectivity index (χ0v) is 22.4. The van der Waals surface area contributed by atoms with Gasteiger partial charge in [-0.3, -0.25) is 19.4 Å². The number of piperazine rings is 1. The fraction of sp³-hybridized carbons (Fsp3) is 0.400. The van der Waals surface area contributed by atoms with E-state index in [1.54, 1.807) is 0 Å². The van der Waals surface area contributed by atoms with Gasteiger partial charge in [-0.05, 0) is 30.3 Å². The molecule has 0 spiro atoms. The second kappa shape index (κ2) is 11.9. The summed E-state index contributed by atoms with van der Waals surface area (Å²) in [7, 11) is 0. The summed E-state index contributed by atoms with van der Waals surface area (Å²) >= 11 is 6.36. The van der Waals surface area contributed by atoms with E-state index in [-0.39, 0.29) is 34.8 Å². The molecule has 40 heavy (non-hydrogen) atoms. The number of nitrogens with zero attached hydrogens (tertiary/aromatic N) is 3. The predicted molar refractivity (Wildman–Crippen MR) is 139 cm³/mol. The number of alkyl halides is 6. The first kappa shape index (κ1) is 30.1. The zero-order valence-electron chi connectivity index (χ0n) is 20.7. The van der Waals surface area contributed by atoms with E-state index in [9.17, 15) is 35.9 Å². The normalized spacial score (nSPS) is 18.8. The number of benzene rings is 1. The molecular formula is C25H23F6N3O4S2. The SMILES string of the molecule is O=C(O)CCN1CCN(CCN2C(=O)/C(=C/c3ccc(-c4cc(C(F)(F)F)cc(C(F)(F)F)c4)o3)SC2=S)CC1. The van der Waals surface area contributed by atoms with Crippen molar-refractivity contribution in [2.24, 2.45) is 0 Å². The molecule has 0 unspecified atom stereocenters. The van der Waals surface area contributed by atoms with Gasteiger partial charge in [-0.1, -0.05) is 24.0 Å². The van der Waals surface area contributed by atoms with Gasteiger partial charge in [0.15, 0.2) is 0 Å². The lowest BCUT2D eigenvalue weighted by Crippen LogP contribution is -2.49. The molecule has 2 fully saturated rings. The fourth-order valence-corrected chi connectivity index (χ4v) is 5.53. The number of thioether (sulfide) groups is 1. The number of carboxylic acids is 1. The number of carboxylic acid groups (broad SMARTS) is 1. The molecule has 0 saturated carbocycles. The smallest absolute Gasteiger partial charge is 0.416 e. The third kappa shape index (κ3) is 7.44. The highest BCUT2D eigenvalue weighted by Gasteiger charge is 2.37. The van der Waals surface area contributed by atoms with E-state index in [0.717, 1.165) is 11.8 Å². The predicted octanol–water partition coefficient (Wildman–Crippen LogP) is 5.28. The molecule has 2 saturated heterocycles. The maximum absolute atomic E-state index is 13.2. The second-order valence-corrected chi connectivity index (χ2v) is 10.8. The van der Waals surface area contributed by atoms with Crippen molar-refractivity contribution < 1.29 is 45.5 Å². The van der Waals surface area contributed by atoms with Crippen LogP contribution in [0.25, 0.3) is 17.4 Å². The first-order chi connectivity index (χ1) is 18.7. The number of hydrogen-bond acceptors (Lipinski definition) is 7. The molecule has 1 amide bonds. The second-order valence-electron chi connectivity index (χ2n) is 9.16. The van der Waals surface area contributed by atoms with E-state index in [1.165, 1.54) is 23.1 Å². The van der Waals surface area contributed by atoms with Crippen LogP contribution in [0.1, 0.15) is 23.3 Å². The van der Waals surface area contributed by atoms with Crippen LogP contribution in [0, 0.1) is 0 Å². The van der Waals surface area contributed by atoms with E-state index in [0.29, 0.717) is 62.3 Å². The lowest BCUT2D eigenvalue weighted by Gasteiger charge is -2.35. The van der Waals surface area contributed by atoms with Gasteiger partial charge in [-0.15, -0.1) is 0 Å². The monoisotopic (exact) mass is 607 g/mol. The summed E-state index contributed by atoms with van der Waals surface area (Å²) in [6.07, 6.45) is -8.56. The molecule has 15 heteroatoms. The molecule has 3 heterocycles. The van der Waals surface area contributed by atoms with Gasteiger partial charge in [0, 0.05) is 57.5 Å².